The molecule has 2 aliphatic rings. The maximum absolute atomic E-state index is 13.0. The summed E-state index contributed by atoms with van der Waals surface area (Å²) in [5, 5.41) is 0. The molecule has 0 unspecified atom stereocenters. The van der Waals surface area contributed by atoms with Crippen molar-refractivity contribution in [2.24, 2.45) is 0 Å². The quantitative estimate of drug-likeness (QED) is 0.517. The van der Waals surface area contributed by atoms with Gasteiger partial charge >= 0.3 is 7.60 Å². The van der Waals surface area contributed by atoms with Gasteiger partial charge in [0.15, 0.2) is 0 Å². The van der Waals surface area contributed by atoms with Crippen LogP contribution in [0.4, 0.5) is 0 Å². The first-order chi connectivity index (χ1) is 9.72. The lowest BCUT2D eigenvalue weighted by Gasteiger charge is -2.31. The van der Waals surface area contributed by atoms with Gasteiger partial charge in [0, 0.05) is 0 Å². The van der Waals surface area contributed by atoms with Crippen molar-refractivity contribution in [3.63, 3.8) is 0 Å². The van der Waals surface area contributed by atoms with Crippen LogP contribution >= 0.6 is 20.2 Å². The molecule has 0 aromatic rings. The van der Waals surface area contributed by atoms with Gasteiger partial charge < -0.3 is 9.05 Å². The van der Waals surface area contributed by atoms with Crippen molar-refractivity contribution in [3.05, 3.63) is 0 Å². The van der Waals surface area contributed by atoms with E-state index in [0.29, 0.717) is 6.16 Å². The monoisotopic (exact) mass is 320 g/mol. The van der Waals surface area contributed by atoms with Crippen LogP contribution in [0.1, 0.15) is 70.6 Å². The highest BCUT2D eigenvalue weighted by molar-refractivity contribution is 7.80. The topological polar surface area (TPSA) is 35.5 Å². The van der Waals surface area contributed by atoms with Gasteiger partial charge in [0.2, 0.25) is 0 Å². The summed E-state index contributed by atoms with van der Waals surface area (Å²) in [5.41, 5.74) is 0. The number of rotatable bonds is 7. The van der Waals surface area contributed by atoms with Gasteiger partial charge in [-0.1, -0.05) is 38.5 Å². The smallest absolute Gasteiger partial charge is 0.305 e. The van der Waals surface area contributed by atoms with E-state index in [1.807, 2.05) is 0 Å². The molecule has 0 bridgehead atoms. The maximum Gasteiger partial charge on any atom is 0.331 e. The molecule has 0 radical (unpaired) electrons. The van der Waals surface area contributed by atoms with Crippen molar-refractivity contribution in [1.82, 2.24) is 0 Å². The molecule has 0 aromatic carbocycles. The Morgan fingerprint density at radius 1 is 0.850 bits per heavy atom. The molecular weight excluding hydrogens is 291 g/mol. The predicted molar refractivity (Wildman–Crippen MR) is 86.9 cm³/mol. The molecule has 20 heavy (non-hydrogen) atoms. The third kappa shape index (κ3) is 5.71. The first kappa shape index (κ1) is 16.9. The Morgan fingerprint density at radius 3 is 1.70 bits per heavy atom. The van der Waals surface area contributed by atoms with Crippen molar-refractivity contribution >= 4 is 20.2 Å². The normalized spacial score (nSPS) is 23.1. The van der Waals surface area contributed by atoms with Crippen LogP contribution in [0.5, 0.6) is 0 Å². The van der Waals surface area contributed by atoms with E-state index < -0.39 is 7.60 Å². The third-order valence-electron chi connectivity index (χ3n) is 4.31. The van der Waals surface area contributed by atoms with E-state index in [9.17, 15) is 4.57 Å². The zero-order valence-corrected chi connectivity index (χ0v) is 14.3. The number of hydrogen-bond acceptors (Lipinski definition) is 4. The second kappa shape index (κ2) is 8.82. The van der Waals surface area contributed by atoms with E-state index >= 15 is 0 Å². The minimum Gasteiger partial charge on any atom is -0.305 e. The summed E-state index contributed by atoms with van der Waals surface area (Å²) in [6.07, 6.45) is 13.1. The van der Waals surface area contributed by atoms with E-state index in [4.69, 9.17) is 9.05 Å². The summed E-state index contributed by atoms with van der Waals surface area (Å²) in [7, 11) is -2.92. The molecular formula is C15H29O3PS. The molecule has 118 valence electrons. The summed E-state index contributed by atoms with van der Waals surface area (Å²) in [6.45, 7) is 0. The fourth-order valence-electron chi connectivity index (χ4n) is 3.19. The van der Waals surface area contributed by atoms with Gasteiger partial charge in [-0.05, 0) is 37.9 Å². The minimum atomic E-state index is -2.92. The Hall–Kier alpha value is 0.500. The standard InChI is InChI=1S/C15H29O3PS/c16-19(12-7-13-20,17-14-8-3-1-4-9-14)18-15-10-5-2-6-11-15/h14-15,20H,1-13H2. The summed E-state index contributed by atoms with van der Waals surface area (Å²) in [4.78, 5) is 0. The van der Waals surface area contributed by atoms with Gasteiger partial charge in [-0.2, -0.15) is 12.6 Å². The van der Waals surface area contributed by atoms with Crippen LogP contribution in [-0.4, -0.2) is 24.1 Å². The van der Waals surface area contributed by atoms with E-state index in [0.717, 1.165) is 37.9 Å². The van der Waals surface area contributed by atoms with Crippen LogP contribution in [0.25, 0.3) is 0 Å². The summed E-state index contributed by atoms with van der Waals surface area (Å²) < 4.78 is 25.0. The van der Waals surface area contributed by atoms with Crippen LogP contribution in [0.15, 0.2) is 0 Å². The first-order valence-corrected chi connectivity index (χ1v) is 10.6. The summed E-state index contributed by atoms with van der Waals surface area (Å²) in [5.74, 6) is 0.742. The molecule has 2 rings (SSSR count). The van der Waals surface area contributed by atoms with Gasteiger partial charge in [0.25, 0.3) is 0 Å². The molecule has 3 nitrogen and oxygen atoms in total. The lowest BCUT2D eigenvalue weighted by molar-refractivity contribution is 0.0791. The summed E-state index contributed by atoms with van der Waals surface area (Å²) >= 11 is 4.23. The largest absolute Gasteiger partial charge is 0.331 e. The van der Waals surface area contributed by atoms with Gasteiger partial charge in [0.1, 0.15) is 0 Å². The van der Waals surface area contributed by atoms with Crippen molar-refractivity contribution < 1.29 is 13.6 Å². The van der Waals surface area contributed by atoms with E-state index in [2.05, 4.69) is 12.6 Å². The second-order valence-corrected chi connectivity index (χ2v) is 8.68. The molecule has 2 fully saturated rings. The summed E-state index contributed by atoms with van der Waals surface area (Å²) in [6, 6.07) is 0. The highest BCUT2D eigenvalue weighted by Gasteiger charge is 2.32. The highest BCUT2D eigenvalue weighted by Crippen LogP contribution is 2.53. The van der Waals surface area contributed by atoms with Crippen LogP contribution in [-0.2, 0) is 13.6 Å². The Bertz CT molecular complexity index is 288. The van der Waals surface area contributed by atoms with Crippen LogP contribution in [0.2, 0.25) is 0 Å². The molecule has 2 aliphatic carbocycles. The molecule has 0 spiro atoms. The van der Waals surface area contributed by atoms with Crippen LogP contribution < -0.4 is 0 Å². The lowest BCUT2D eigenvalue weighted by Crippen LogP contribution is -2.21. The van der Waals surface area contributed by atoms with Crippen molar-refractivity contribution in [1.29, 1.82) is 0 Å². The van der Waals surface area contributed by atoms with Crippen LogP contribution in [0.3, 0.4) is 0 Å². The second-order valence-electron chi connectivity index (χ2n) is 6.14. The molecule has 0 atom stereocenters. The average molecular weight is 320 g/mol. The molecule has 5 heteroatoms. The maximum atomic E-state index is 13.0. The molecule has 0 aromatic heterocycles. The van der Waals surface area contributed by atoms with E-state index in [1.54, 1.807) is 0 Å². The van der Waals surface area contributed by atoms with E-state index in [-0.39, 0.29) is 12.2 Å². The fourth-order valence-corrected chi connectivity index (χ4v) is 5.73. The zero-order chi connectivity index (χ0) is 14.3. The van der Waals surface area contributed by atoms with Crippen LogP contribution in [0, 0.1) is 0 Å². The zero-order valence-electron chi connectivity index (χ0n) is 12.5. The molecule has 0 amide bonds. The Morgan fingerprint density at radius 2 is 1.30 bits per heavy atom. The number of hydrogen-bond donors (Lipinski definition) is 1. The first-order valence-electron chi connectivity index (χ1n) is 8.28. The molecule has 0 saturated heterocycles. The van der Waals surface area contributed by atoms with Gasteiger partial charge in [-0.15, -0.1) is 0 Å². The Labute approximate surface area is 129 Å². The Kier molecular flexibility index (Phi) is 7.44. The van der Waals surface area contributed by atoms with Crippen molar-refractivity contribution in [3.8, 4) is 0 Å². The molecule has 2 saturated carbocycles. The lowest BCUT2D eigenvalue weighted by atomic mass is 9.98. The van der Waals surface area contributed by atoms with Crippen molar-refractivity contribution in [2.45, 2.75) is 82.8 Å². The number of thiol groups is 1. The minimum absolute atomic E-state index is 0.151. The molecule has 0 N–H and O–H groups in total. The average Bonchev–Trinajstić information content (AvgIpc) is 2.47. The van der Waals surface area contributed by atoms with Gasteiger partial charge in [-0.25, -0.2) is 0 Å². The fraction of sp³-hybridized carbons (Fsp3) is 1.00. The van der Waals surface area contributed by atoms with E-state index in [1.165, 1.54) is 38.5 Å². The SMILES string of the molecule is O=P(CCCS)(OC1CCCCC1)OC1CCCCC1. The highest BCUT2D eigenvalue weighted by atomic mass is 32.1. The Balaban J connectivity index is 1.90. The predicted octanol–water partition coefficient (Wildman–Crippen LogP) is 5.20. The van der Waals surface area contributed by atoms with Gasteiger partial charge in [0.05, 0.1) is 18.4 Å². The third-order valence-corrected chi connectivity index (χ3v) is 6.73. The van der Waals surface area contributed by atoms with Crippen molar-refractivity contribution in [2.75, 3.05) is 11.9 Å². The van der Waals surface area contributed by atoms with Gasteiger partial charge in [-0.3, -0.25) is 4.57 Å². The molecule has 0 heterocycles. The molecule has 0 aliphatic heterocycles.